The van der Waals surface area contributed by atoms with E-state index in [9.17, 15) is 15.0 Å². The van der Waals surface area contributed by atoms with Gasteiger partial charge in [-0.05, 0) is 130 Å². The molecule has 0 radical (unpaired) electrons. The van der Waals surface area contributed by atoms with Gasteiger partial charge in [0.25, 0.3) is 0 Å². The monoisotopic (exact) mass is 596 g/mol. The van der Waals surface area contributed by atoms with Gasteiger partial charge in [-0.25, -0.2) is 4.79 Å². The number of nitrogens with zero attached hydrogens (tertiary/aromatic N) is 1. The highest BCUT2D eigenvalue weighted by molar-refractivity contribution is 5.67. The maximum Gasteiger partial charge on any atom is 0.407 e. The van der Waals surface area contributed by atoms with Gasteiger partial charge in [0.2, 0.25) is 0 Å². The molecule has 7 nitrogen and oxygen atoms in total. The van der Waals surface area contributed by atoms with Crippen LogP contribution in [-0.2, 0) is 16.0 Å². The van der Waals surface area contributed by atoms with Crippen LogP contribution in [0.2, 0.25) is 0 Å². The normalized spacial score (nSPS) is 44.7. The molecule has 1 amide bonds. The Balaban J connectivity index is 0.00000329. The third-order valence-corrected chi connectivity index (χ3v) is 14.0. The van der Waals surface area contributed by atoms with Crippen molar-refractivity contribution >= 4 is 6.09 Å². The SMILES string of the molecule is C.CC12CCC34CC35CC[C@H](OC(=O)NCc3ccccn3)C(C)(C)C5CCC4C1CC1OC([C@H](O)C(C)(C)O)CCC12. The van der Waals surface area contributed by atoms with Gasteiger partial charge in [0.1, 0.15) is 12.2 Å². The number of amides is 1. The number of carbonyl (C=O) groups excluding carboxylic acids is 1. The summed E-state index contributed by atoms with van der Waals surface area (Å²) in [6.07, 6.45) is 12.0. The molecular weight excluding hydrogens is 540 g/mol. The molecule has 7 rings (SSSR count). The number of rotatable bonds is 5. The Morgan fingerprint density at radius 3 is 2.56 bits per heavy atom. The maximum absolute atomic E-state index is 12.9. The largest absolute Gasteiger partial charge is 0.446 e. The van der Waals surface area contributed by atoms with Gasteiger partial charge in [0.15, 0.2) is 0 Å². The van der Waals surface area contributed by atoms with Crippen molar-refractivity contribution in [3.63, 3.8) is 0 Å². The van der Waals surface area contributed by atoms with E-state index in [1.54, 1.807) is 20.0 Å². The fraction of sp³-hybridized carbons (Fsp3) is 0.833. The third-order valence-electron chi connectivity index (χ3n) is 14.0. The predicted molar refractivity (Wildman–Crippen MR) is 166 cm³/mol. The average molecular weight is 597 g/mol. The molecule has 1 aromatic heterocycles. The Kier molecular flexibility index (Phi) is 7.58. The molecule has 6 aliphatic rings. The molecule has 5 saturated carbocycles. The second kappa shape index (κ2) is 10.4. The lowest BCUT2D eigenvalue weighted by molar-refractivity contribution is -0.177. The average Bonchev–Trinajstić information content (AvgIpc) is 3.53. The van der Waals surface area contributed by atoms with Crippen molar-refractivity contribution in [3.05, 3.63) is 30.1 Å². The molecule has 1 aromatic rings. The van der Waals surface area contributed by atoms with Gasteiger partial charge in [0.05, 0.1) is 30.0 Å². The molecule has 43 heavy (non-hydrogen) atoms. The van der Waals surface area contributed by atoms with Gasteiger partial charge < -0.3 is 25.0 Å². The van der Waals surface area contributed by atoms with Gasteiger partial charge in [0, 0.05) is 11.6 Å². The van der Waals surface area contributed by atoms with Crippen LogP contribution in [0.1, 0.15) is 112 Å². The molecule has 11 atom stereocenters. The van der Waals surface area contributed by atoms with Crippen LogP contribution in [0.3, 0.4) is 0 Å². The number of pyridine rings is 1. The van der Waals surface area contributed by atoms with Crippen LogP contribution < -0.4 is 5.32 Å². The number of hydrogen-bond acceptors (Lipinski definition) is 6. The van der Waals surface area contributed by atoms with Crippen LogP contribution in [0.15, 0.2) is 24.4 Å². The minimum atomic E-state index is -1.15. The van der Waals surface area contributed by atoms with Crippen molar-refractivity contribution in [3.8, 4) is 0 Å². The van der Waals surface area contributed by atoms with Gasteiger partial charge >= 0.3 is 6.09 Å². The van der Waals surface area contributed by atoms with E-state index in [2.05, 4.69) is 31.1 Å². The quantitative estimate of drug-likeness (QED) is 0.352. The summed E-state index contributed by atoms with van der Waals surface area (Å²) >= 11 is 0. The fourth-order valence-electron chi connectivity index (χ4n) is 12.0. The highest BCUT2D eigenvalue weighted by Gasteiger charge is 2.81. The smallest absolute Gasteiger partial charge is 0.407 e. The molecule has 1 aliphatic heterocycles. The lowest BCUT2D eigenvalue weighted by Gasteiger charge is -2.59. The molecule has 3 N–H and O–H groups in total. The molecule has 0 aromatic carbocycles. The third kappa shape index (κ3) is 4.61. The number of alkyl carbamates (subject to hydrolysis) is 1. The molecule has 1 saturated heterocycles. The van der Waals surface area contributed by atoms with E-state index in [0.29, 0.717) is 40.5 Å². The van der Waals surface area contributed by atoms with Crippen LogP contribution in [-0.4, -0.2) is 51.3 Å². The number of hydrogen-bond donors (Lipinski definition) is 3. The van der Waals surface area contributed by atoms with E-state index in [1.807, 2.05) is 18.2 Å². The second-order valence-corrected chi connectivity index (χ2v) is 16.5. The molecule has 9 unspecified atom stereocenters. The van der Waals surface area contributed by atoms with E-state index < -0.39 is 11.7 Å². The van der Waals surface area contributed by atoms with Crippen molar-refractivity contribution in [2.24, 2.45) is 45.3 Å². The fourth-order valence-corrected chi connectivity index (χ4v) is 12.0. The minimum absolute atomic E-state index is 0. The van der Waals surface area contributed by atoms with Crippen molar-refractivity contribution in [1.29, 1.82) is 0 Å². The molecular formula is C36H56N2O5. The zero-order valence-electron chi connectivity index (χ0n) is 26.3. The predicted octanol–water partition coefficient (Wildman–Crippen LogP) is 6.65. The van der Waals surface area contributed by atoms with E-state index in [0.717, 1.165) is 37.3 Å². The molecule has 2 heterocycles. The summed E-state index contributed by atoms with van der Waals surface area (Å²) in [5.41, 5.74) is 0.763. The van der Waals surface area contributed by atoms with Gasteiger partial charge in [-0.1, -0.05) is 34.3 Å². The van der Waals surface area contributed by atoms with Gasteiger partial charge in [-0.3, -0.25) is 4.98 Å². The summed E-state index contributed by atoms with van der Waals surface area (Å²) in [6.45, 7) is 11.0. The molecule has 2 spiro atoms. The Labute approximate surface area is 258 Å². The number of nitrogens with one attached hydrogen (secondary N) is 1. The first-order valence-corrected chi connectivity index (χ1v) is 16.7. The highest BCUT2D eigenvalue weighted by atomic mass is 16.6. The van der Waals surface area contributed by atoms with Crippen LogP contribution in [0.4, 0.5) is 4.79 Å². The van der Waals surface area contributed by atoms with Crippen molar-refractivity contribution < 1.29 is 24.5 Å². The summed E-state index contributed by atoms with van der Waals surface area (Å²) in [5.74, 6) is 2.56. The standard InChI is InChI=1S/C35H52N2O5.CH4/c1-31(2)27-12-10-22-24-18-26-23(9-11-25(41-26)29(38)32(3,4)40)33(24,5)15-16-34(22)20-35(27,34)14-13-28(31)42-30(39)37-19-21-8-6-7-17-36-21;/h6-8,17,22-29,38,40H,9-16,18-20H2,1-5H3,(H,37,39);1H4/t22?,23?,24?,25?,26?,27?,28-,29-,33?,34?,35?;/m0./s1. The topological polar surface area (TPSA) is 101 Å². The number of aliphatic hydroxyl groups is 2. The molecule has 7 heteroatoms. The lowest BCUT2D eigenvalue weighted by Crippen LogP contribution is -2.55. The Bertz CT molecular complexity index is 1200. The summed E-state index contributed by atoms with van der Waals surface area (Å²) in [7, 11) is 0. The Hall–Kier alpha value is -1.70. The van der Waals surface area contributed by atoms with E-state index in [1.165, 1.54) is 38.5 Å². The number of aromatic nitrogens is 1. The van der Waals surface area contributed by atoms with E-state index >= 15 is 0 Å². The molecule has 0 bridgehead atoms. The second-order valence-electron chi connectivity index (χ2n) is 16.5. The molecule has 6 fully saturated rings. The maximum atomic E-state index is 12.9. The number of fused-ring (bicyclic) bond motifs is 4. The van der Waals surface area contributed by atoms with Crippen molar-refractivity contribution in [2.75, 3.05) is 0 Å². The van der Waals surface area contributed by atoms with Gasteiger partial charge in [-0.15, -0.1) is 0 Å². The first kappa shape index (κ1) is 31.3. The zero-order valence-corrected chi connectivity index (χ0v) is 26.3. The van der Waals surface area contributed by atoms with Crippen LogP contribution in [0.25, 0.3) is 0 Å². The van der Waals surface area contributed by atoms with Crippen molar-refractivity contribution in [1.82, 2.24) is 10.3 Å². The van der Waals surface area contributed by atoms with E-state index in [4.69, 9.17) is 9.47 Å². The van der Waals surface area contributed by atoms with Crippen LogP contribution in [0, 0.1) is 45.3 Å². The number of ether oxygens (including phenoxy) is 2. The summed E-state index contributed by atoms with van der Waals surface area (Å²) < 4.78 is 12.8. The van der Waals surface area contributed by atoms with Crippen LogP contribution >= 0.6 is 0 Å². The molecule has 5 aliphatic carbocycles. The minimum Gasteiger partial charge on any atom is -0.446 e. The van der Waals surface area contributed by atoms with Gasteiger partial charge in [-0.2, -0.15) is 0 Å². The zero-order chi connectivity index (χ0) is 29.7. The first-order valence-electron chi connectivity index (χ1n) is 16.7. The summed E-state index contributed by atoms with van der Waals surface area (Å²) in [5, 5.41) is 24.2. The lowest BCUT2D eigenvalue weighted by atomic mass is 9.46. The summed E-state index contributed by atoms with van der Waals surface area (Å²) in [6, 6.07) is 5.72. The summed E-state index contributed by atoms with van der Waals surface area (Å²) in [4.78, 5) is 17.2. The van der Waals surface area contributed by atoms with Crippen molar-refractivity contribution in [2.45, 2.75) is 143 Å². The number of aliphatic hydroxyl groups excluding tert-OH is 1. The molecule has 240 valence electrons. The van der Waals surface area contributed by atoms with Crippen LogP contribution in [0.5, 0.6) is 0 Å². The van der Waals surface area contributed by atoms with E-state index in [-0.39, 0.29) is 37.2 Å². The first-order chi connectivity index (χ1) is 19.8. The highest BCUT2D eigenvalue weighted by Crippen LogP contribution is 2.87. The Morgan fingerprint density at radius 1 is 1.07 bits per heavy atom. The Morgan fingerprint density at radius 2 is 1.84 bits per heavy atom. The number of carbonyl (C=O) groups is 1.